The molecule has 10 nitrogen and oxygen atoms in total. The molecule has 37 heavy (non-hydrogen) atoms. The molecule has 3 rings (SSSR count). The van der Waals surface area contributed by atoms with Gasteiger partial charge >= 0.3 is 12.2 Å². The van der Waals surface area contributed by atoms with Gasteiger partial charge in [0.25, 0.3) is 5.88 Å². The third kappa shape index (κ3) is 7.94. The minimum atomic E-state index is -1.39. The van der Waals surface area contributed by atoms with Gasteiger partial charge in [-0.2, -0.15) is 0 Å². The van der Waals surface area contributed by atoms with E-state index < -0.39 is 41.8 Å². The summed E-state index contributed by atoms with van der Waals surface area (Å²) in [7, 11) is 3.18. The Labute approximate surface area is 216 Å². The van der Waals surface area contributed by atoms with Gasteiger partial charge < -0.3 is 29.3 Å². The van der Waals surface area contributed by atoms with E-state index in [1.54, 1.807) is 0 Å². The average molecular weight is 546 g/mol. The van der Waals surface area contributed by atoms with Gasteiger partial charge in [-0.1, -0.05) is 0 Å². The first-order valence-corrected chi connectivity index (χ1v) is 12.4. The number of anilines is 1. The number of aryl methyl sites for hydroxylation is 1. The summed E-state index contributed by atoms with van der Waals surface area (Å²) in [4.78, 5) is 28.7. The Morgan fingerprint density at radius 2 is 1.86 bits per heavy atom. The van der Waals surface area contributed by atoms with E-state index >= 15 is 0 Å². The van der Waals surface area contributed by atoms with Crippen LogP contribution in [-0.2, 0) is 11.3 Å². The van der Waals surface area contributed by atoms with Gasteiger partial charge in [-0.3, -0.25) is 5.32 Å². The first kappa shape index (κ1) is 28.5. The van der Waals surface area contributed by atoms with Crippen molar-refractivity contribution in [1.29, 1.82) is 0 Å². The van der Waals surface area contributed by atoms with Gasteiger partial charge in [0.15, 0.2) is 16.6 Å². The number of halogens is 3. The van der Waals surface area contributed by atoms with Gasteiger partial charge in [0, 0.05) is 32.7 Å². The molecule has 0 bridgehead atoms. The van der Waals surface area contributed by atoms with Crippen molar-refractivity contribution in [3.05, 3.63) is 34.6 Å². The number of aromatic nitrogens is 1. The summed E-state index contributed by atoms with van der Waals surface area (Å²) in [5.74, 6) is -4.25. The van der Waals surface area contributed by atoms with Crippen LogP contribution in [0.5, 0.6) is 11.6 Å². The molecule has 2 aromatic rings. The fraction of sp³-hybridized carbons (Fsp3) is 0.522. The number of ether oxygens (including phenoxy) is 3. The van der Waals surface area contributed by atoms with Crippen LogP contribution in [0, 0.1) is 24.4 Å². The highest BCUT2D eigenvalue weighted by molar-refractivity contribution is 7.11. The number of likely N-dealkylation sites (N-methyl/N-ethyl adjacent to an activating group) is 1. The van der Waals surface area contributed by atoms with Crippen molar-refractivity contribution in [2.24, 2.45) is 0 Å². The molecule has 0 aliphatic carbocycles. The molecule has 204 valence electrons. The van der Waals surface area contributed by atoms with Crippen molar-refractivity contribution < 1.29 is 37.0 Å². The van der Waals surface area contributed by atoms with Crippen LogP contribution in [0.25, 0.3) is 0 Å². The zero-order valence-corrected chi connectivity index (χ0v) is 21.7. The smallest absolute Gasteiger partial charge is 0.469 e. The summed E-state index contributed by atoms with van der Waals surface area (Å²) in [6.07, 6.45) is 0.564. The second-order valence-corrected chi connectivity index (χ2v) is 9.28. The van der Waals surface area contributed by atoms with Gasteiger partial charge in [0.2, 0.25) is 5.75 Å². The molecule has 1 saturated heterocycles. The minimum Gasteiger partial charge on any atom is -0.469 e. The van der Waals surface area contributed by atoms with Gasteiger partial charge in [0.05, 0.1) is 12.7 Å². The van der Waals surface area contributed by atoms with E-state index in [0.29, 0.717) is 18.1 Å². The van der Waals surface area contributed by atoms with Crippen LogP contribution in [0.1, 0.15) is 24.0 Å². The van der Waals surface area contributed by atoms with Crippen LogP contribution < -0.4 is 20.1 Å². The Balaban J connectivity index is 1.55. The molecule has 0 unspecified atom stereocenters. The Morgan fingerprint density at radius 1 is 1.14 bits per heavy atom. The van der Waals surface area contributed by atoms with Gasteiger partial charge in [-0.05, 0) is 56.5 Å². The third-order valence-electron chi connectivity index (χ3n) is 5.77. The molecule has 2 amide bonds. The van der Waals surface area contributed by atoms with E-state index in [2.05, 4.69) is 36.6 Å². The third-order valence-corrected chi connectivity index (χ3v) is 6.50. The number of nitrogens with one attached hydrogen (secondary N) is 2. The number of benzene rings is 1. The highest BCUT2D eigenvalue weighted by atomic mass is 32.1. The molecular weight excluding hydrogens is 515 g/mol. The number of methoxy groups -OCH3 is 1. The van der Waals surface area contributed by atoms with Gasteiger partial charge in [0.1, 0.15) is 12.4 Å². The molecule has 1 aliphatic rings. The van der Waals surface area contributed by atoms with Crippen molar-refractivity contribution in [1.82, 2.24) is 19.5 Å². The molecule has 0 saturated carbocycles. The summed E-state index contributed by atoms with van der Waals surface area (Å²) >= 11 is 0.717. The maximum Gasteiger partial charge on any atom is 0.513 e. The lowest BCUT2D eigenvalue weighted by Gasteiger charge is -2.32. The van der Waals surface area contributed by atoms with Crippen LogP contribution in [0.2, 0.25) is 0 Å². The molecule has 14 heteroatoms. The Morgan fingerprint density at radius 3 is 2.57 bits per heavy atom. The SMILES string of the molecule is COC(=O)Oc1c(OCc2c(F)cc(C)c(F)c2F)nsc1NC(=O)NCCCCN1CCN(C)CC1. The lowest BCUT2D eigenvalue weighted by Crippen LogP contribution is -2.44. The lowest BCUT2D eigenvalue weighted by atomic mass is 10.1. The molecule has 1 aliphatic heterocycles. The quantitative estimate of drug-likeness (QED) is 0.264. The number of urea groups is 1. The molecule has 0 spiro atoms. The van der Waals surface area contributed by atoms with Crippen LogP contribution in [0.3, 0.4) is 0 Å². The van der Waals surface area contributed by atoms with Crippen molar-refractivity contribution in [3.8, 4) is 11.6 Å². The molecular formula is C23H30F3N5O5S. The van der Waals surface area contributed by atoms with Crippen LogP contribution in [-0.4, -0.2) is 79.8 Å². The van der Waals surface area contributed by atoms with E-state index in [-0.39, 0.29) is 22.2 Å². The molecule has 2 N–H and O–H groups in total. The average Bonchev–Trinajstić information content (AvgIpc) is 3.23. The van der Waals surface area contributed by atoms with Crippen LogP contribution in [0.15, 0.2) is 6.07 Å². The Kier molecular flexibility index (Phi) is 10.3. The van der Waals surface area contributed by atoms with Crippen molar-refractivity contribution >= 4 is 28.7 Å². The maximum absolute atomic E-state index is 14.2. The Hall–Kier alpha value is -3.10. The molecule has 1 aromatic carbocycles. The van der Waals surface area contributed by atoms with E-state index in [9.17, 15) is 22.8 Å². The normalized spacial score (nSPS) is 14.3. The van der Waals surface area contributed by atoms with Crippen LogP contribution in [0.4, 0.5) is 27.8 Å². The number of piperazine rings is 1. The van der Waals surface area contributed by atoms with Crippen molar-refractivity contribution in [3.63, 3.8) is 0 Å². The monoisotopic (exact) mass is 545 g/mol. The number of nitrogens with zero attached hydrogens (tertiary/aromatic N) is 3. The van der Waals surface area contributed by atoms with E-state index in [1.165, 1.54) is 6.92 Å². The topological polar surface area (TPSA) is 105 Å². The van der Waals surface area contributed by atoms with Crippen LogP contribution >= 0.6 is 11.5 Å². The molecule has 0 radical (unpaired) electrons. The number of carbonyl (C=O) groups excluding carboxylic acids is 2. The largest absolute Gasteiger partial charge is 0.513 e. The predicted octanol–water partition coefficient (Wildman–Crippen LogP) is 3.74. The number of hydrogen-bond donors (Lipinski definition) is 2. The molecule has 1 aromatic heterocycles. The fourth-order valence-electron chi connectivity index (χ4n) is 3.56. The minimum absolute atomic E-state index is 0.00590. The highest BCUT2D eigenvalue weighted by Crippen LogP contribution is 2.39. The maximum atomic E-state index is 14.2. The number of carbonyl (C=O) groups is 2. The van der Waals surface area contributed by atoms with Crippen molar-refractivity contribution in [2.75, 3.05) is 58.7 Å². The fourth-order valence-corrected chi connectivity index (χ4v) is 4.22. The zero-order valence-electron chi connectivity index (χ0n) is 20.9. The number of rotatable bonds is 10. The first-order valence-electron chi connectivity index (χ1n) is 11.7. The number of hydrogen-bond acceptors (Lipinski definition) is 9. The lowest BCUT2D eigenvalue weighted by molar-refractivity contribution is 0.119. The first-order chi connectivity index (χ1) is 17.7. The summed E-state index contributed by atoms with van der Waals surface area (Å²) in [6, 6.07) is 0.272. The summed E-state index contributed by atoms with van der Waals surface area (Å²) in [5.41, 5.74) is -0.858. The zero-order chi connectivity index (χ0) is 26.9. The number of unbranched alkanes of at least 4 members (excludes halogenated alkanes) is 1. The summed E-state index contributed by atoms with van der Waals surface area (Å²) < 4.78 is 60.9. The predicted molar refractivity (Wildman–Crippen MR) is 131 cm³/mol. The van der Waals surface area contributed by atoms with Gasteiger partial charge in [-0.25, -0.2) is 22.8 Å². The van der Waals surface area contributed by atoms with Crippen molar-refractivity contribution in [2.45, 2.75) is 26.4 Å². The van der Waals surface area contributed by atoms with Gasteiger partial charge in [-0.15, -0.1) is 4.37 Å². The summed E-state index contributed by atoms with van der Waals surface area (Å²) in [5, 5.41) is 5.23. The van der Waals surface area contributed by atoms with E-state index in [0.717, 1.165) is 58.7 Å². The molecule has 0 atom stereocenters. The standard InChI is InChI=1S/C23H30F3N5O5S/c1-14-12-16(24)15(18(26)17(14)25)13-35-20-19(36-23(33)34-3)21(37-29-20)28-22(32)27-6-4-5-7-31-10-8-30(2)9-11-31/h12H,4-11,13H2,1-3H3,(H2,27,28,32). The van der Waals surface area contributed by atoms with E-state index in [1.807, 2.05) is 0 Å². The highest BCUT2D eigenvalue weighted by Gasteiger charge is 2.24. The second-order valence-electron chi connectivity index (χ2n) is 8.51. The number of amides is 2. The molecule has 2 heterocycles. The summed E-state index contributed by atoms with van der Waals surface area (Å²) in [6.45, 7) is 6.01. The second kappa shape index (κ2) is 13.4. The molecule has 1 fully saturated rings. The Bertz CT molecular complexity index is 1100. The van der Waals surface area contributed by atoms with E-state index in [4.69, 9.17) is 9.47 Å².